The Labute approximate surface area is 158 Å². The molecule has 8 nitrogen and oxygen atoms in total. The molecule has 0 bridgehead atoms. The van der Waals surface area contributed by atoms with E-state index in [9.17, 15) is 19.5 Å². The molecule has 2 amide bonds. The number of pyridine rings is 1. The van der Waals surface area contributed by atoms with Gasteiger partial charge in [0.15, 0.2) is 0 Å². The zero-order chi connectivity index (χ0) is 19.4. The van der Waals surface area contributed by atoms with Crippen molar-refractivity contribution in [3.63, 3.8) is 0 Å². The average molecular weight is 376 g/mol. The Morgan fingerprint density at radius 1 is 1.11 bits per heavy atom. The lowest BCUT2D eigenvalue weighted by molar-refractivity contribution is -0.131. The number of aromatic nitrogens is 1. The SMILES string of the molecule is CC(=O)N1CCN(CC2(O)CCCN(C(=O)c3ccc[nH]c3=O)CC2)CC1. The molecule has 8 heteroatoms. The van der Waals surface area contributed by atoms with Crippen molar-refractivity contribution >= 4 is 11.8 Å². The molecular weight excluding hydrogens is 348 g/mol. The molecule has 3 heterocycles. The highest BCUT2D eigenvalue weighted by atomic mass is 16.3. The molecule has 0 aromatic carbocycles. The van der Waals surface area contributed by atoms with Gasteiger partial charge >= 0.3 is 0 Å². The van der Waals surface area contributed by atoms with E-state index in [1.807, 2.05) is 4.90 Å². The quantitative estimate of drug-likeness (QED) is 0.768. The molecule has 0 radical (unpaired) electrons. The largest absolute Gasteiger partial charge is 0.388 e. The van der Waals surface area contributed by atoms with E-state index >= 15 is 0 Å². The van der Waals surface area contributed by atoms with Crippen molar-refractivity contribution in [3.8, 4) is 0 Å². The van der Waals surface area contributed by atoms with E-state index in [2.05, 4.69) is 9.88 Å². The molecular formula is C19H28N4O4. The number of carbonyl (C=O) groups excluding carboxylic acids is 2. The molecule has 2 N–H and O–H groups in total. The first-order chi connectivity index (χ1) is 12.9. The Morgan fingerprint density at radius 2 is 1.85 bits per heavy atom. The maximum absolute atomic E-state index is 12.7. The minimum absolute atomic E-state index is 0.0906. The van der Waals surface area contributed by atoms with Crippen LogP contribution in [0.25, 0.3) is 0 Å². The number of rotatable bonds is 3. The van der Waals surface area contributed by atoms with Crippen LogP contribution in [0.3, 0.4) is 0 Å². The third kappa shape index (κ3) is 4.75. The number of nitrogens with one attached hydrogen (secondary N) is 1. The highest BCUT2D eigenvalue weighted by Crippen LogP contribution is 2.25. The zero-order valence-electron chi connectivity index (χ0n) is 15.8. The van der Waals surface area contributed by atoms with Gasteiger partial charge in [0.2, 0.25) is 5.91 Å². The molecule has 2 aliphatic heterocycles. The maximum Gasteiger partial charge on any atom is 0.260 e. The molecule has 1 atom stereocenters. The second-order valence-electron chi connectivity index (χ2n) is 7.57. The summed E-state index contributed by atoms with van der Waals surface area (Å²) < 4.78 is 0. The van der Waals surface area contributed by atoms with Gasteiger partial charge < -0.3 is 19.9 Å². The molecule has 2 saturated heterocycles. The first-order valence-corrected chi connectivity index (χ1v) is 9.55. The predicted molar refractivity (Wildman–Crippen MR) is 100 cm³/mol. The van der Waals surface area contributed by atoms with Crippen molar-refractivity contribution in [2.75, 3.05) is 45.8 Å². The van der Waals surface area contributed by atoms with Crippen LogP contribution in [-0.4, -0.2) is 88.0 Å². The number of hydrogen-bond donors (Lipinski definition) is 2. The Bertz CT molecular complexity index is 741. The molecule has 2 aliphatic rings. The fraction of sp³-hybridized carbons (Fsp3) is 0.632. The standard InChI is InChI=1S/C19H28N4O4/c1-15(24)22-12-10-21(11-13-22)14-19(27)5-3-8-23(9-6-19)18(26)16-4-2-7-20-17(16)25/h2,4,7,27H,3,5-6,8-14H2,1H3,(H,20,25). The van der Waals surface area contributed by atoms with E-state index < -0.39 is 5.60 Å². The van der Waals surface area contributed by atoms with Crippen molar-refractivity contribution < 1.29 is 14.7 Å². The number of H-pyrrole nitrogens is 1. The summed E-state index contributed by atoms with van der Waals surface area (Å²) in [7, 11) is 0. The number of aromatic amines is 1. The number of amides is 2. The number of likely N-dealkylation sites (tertiary alicyclic amines) is 1. The number of β-amino-alcohol motifs (C(OH)–C–C–N with tert-alkyl or cyclic N) is 1. The van der Waals surface area contributed by atoms with Crippen LogP contribution in [0.2, 0.25) is 0 Å². The lowest BCUT2D eigenvalue weighted by Crippen LogP contribution is -2.53. The van der Waals surface area contributed by atoms with E-state index in [-0.39, 0.29) is 22.9 Å². The van der Waals surface area contributed by atoms with Crippen molar-refractivity contribution in [2.24, 2.45) is 0 Å². The van der Waals surface area contributed by atoms with Crippen LogP contribution in [0, 0.1) is 0 Å². The number of piperazine rings is 1. The highest BCUT2D eigenvalue weighted by molar-refractivity contribution is 5.93. The fourth-order valence-electron chi connectivity index (χ4n) is 3.94. The van der Waals surface area contributed by atoms with Gasteiger partial charge in [0.05, 0.1) is 5.60 Å². The van der Waals surface area contributed by atoms with Gasteiger partial charge in [-0.25, -0.2) is 0 Å². The average Bonchev–Trinajstić information content (AvgIpc) is 2.84. The number of hydrogen-bond acceptors (Lipinski definition) is 5. The molecule has 2 fully saturated rings. The Hall–Kier alpha value is -2.19. The summed E-state index contributed by atoms with van der Waals surface area (Å²) in [4.78, 5) is 44.2. The minimum atomic E-state index is -0.851. The third-order valence-electron chi connectivity index (χ3n) is 5.59. The summed E-state index contributed by atoms with van der Waals surface area (Å²) in [5, 5.41) is 11.1. The topological polar surface area (TPSA) is 96.9 Å². The molecule has 148 valence electrons. The molecule has 0 spiro atoms. The molecule has 1 aromatic heterocycles. The summed E-state index contributed by atoms with van der Waals surface area (Å²) in [6.07, 6.45) is 3.30. The lowest BCUT2D eigenvalue weighted by Gasteiger charge is -2.39. The monoisotopic (exact) mass is 376 g/mol. The van der Waals surface area contributed by atoms with Crippen LogP contribution >= 0.6 is 0 Å². The molecule has 1 unspecified atom stereocenters. The van der Waals surface area contributed by atoms with Crippen LogP contribution in [0.4, 0.5) is 0 Å². The molecule has 0 saturated carbocycles. The molecule has 1 aromatic rings. The van der Waals surface area contributed by atoms with Crippen LogP contribution in [0.1, 0.15) is 36.5 Å². The Balaban J connectivity index is 1.57. The second kappa shape index (κ2) is 8.22. The number of nitrogens with zero attached hydrogens (tertiary/aromatic N) is 3. The van der Waals surface area contributed by atoms with Gasteiger partial charge in [-0.05, 0) is 31.4 Å². The normalized spacial score (nSPS) is 24.5. The predicted octanol–water partition coefficient (Wildman–Crippen LogP) is -0.104. The van der Waals surface area contributed by atoms with Crippen molar-refractivity contribution in [2.45, 2.75) is 31.8 Å². The number of carbonyl (C=O) groups is 2. The van der Waals surface area contributed by atoms with Gasteiger partial charge in [0, 0.05) is 58.9 Å². The summed E-state index contributed by atoms with van der Waals surface area (Å²) in [6, 6.07) is 3.18. The third-order valence-corrected chi connectivity index (χ3v) is 5.59. The Kier molecular flexibility index (Phi) is 5.96. The summed E-state index contributed by atoms with van der Waals surface area (Å²) >= 11 is 0. The summed E-state index contributed by atoms with van der Waals surface area (Å²) in [5.74, 6) is -0.191. The summed E-state index contributed by atoms with van der Waals surface area (Å²) in [5.41, 5.74) is -1.09. The van der Waals surface area contributed by atoms with E-state index in [0.29, 0.717) is 52.0 Å². The van der Waals surface area contributed by atoms with Gasteiger partial charge in [0.1, 0.15) is 5.56 Å². The smallest absolute Gasteiger partial charge is 0.260 e. The van der Waals surface area contributed by atoms with Crippen LogP contribution in [0.15, 0.2) is 23.1 Å². The second-order valence-corrected chi connectivity index (χ2v) is 7.57. The lowest BCUT2D eigenvalue weighted by atomic mass is 9.94. The molecule has 27 heavy (non-hydrogen) atoms. The first kappa shape index (κ1) is 19.6. The van der Waals surface area contributed by atoms with E-state index in [1.165, 1.54) is 12.3 Å². The van der Waals surface area contributed by atoms with Crippen LogP contribution in [0.5, 0.6) is 0 Å². The van der Waals surface area contributed by atoms with Gasteiger partial charge in [-0.3, -0.25) is 19.3 Å². The van der Waals surface area contributed by atoms with Crippen LogP contribution in [-0.2, 0) is 4.79 Å². The maximum atomic E-state index is 12.7. The highest BCUT2D eigenvalue weighted by Gasteiger charge is 2.34. The van der Waals surface area contributed by atoms with Crippen molar-refractivity contribution in [3.05, 3.63) is 34.2 Å². The van der Waals surface area contributed by atoms with Crippen LogP contribution < -0.4 is 5.56 Å². The minimum Gasteiger partial charge on any atom is -0.388 e. The number of aliphatic hydroxyl groups is 1. The van der Waals surface area contributed by atoms with Crippen molar-refractivity contribution in [1.29, 1.82) is 0 Å². The van der Waals surface area contributed by atoms with Gasteiger partial charge in [-0.15, -0.1) is 0 Å². The molecule has 0 aliphatic carbocycles. The van der Waals surface area contributed by atoms with Gasteiger partial charge in [-0.2, -0.15) is 0 Å². The molecule has 3 rings (SSSR count). The van der Waals surface area contributed by atoms with Crippen molar-refractivity contribution in [1.82, 2.24) is 19.7 Å². The van der Waals surface area contributed by atoms with E-state index in [0.717, 1.165) is 13.1 Å². The van der Waals surface area contributed by atoms with E-state index in [4.69, 9.17) is 0 Å². The fourth-order valence-corrected chi connectivity index (χ4v) is 3.94. The Morgan fingerprint density at radius 3 is 2.52 bits per heavy atom. The van der Waals surface area contributed by atoms with Gasteiger partial charge in [0.25, 0.3) is 11.5 Å². The summed E-state index contributed by atoms with van der Waals surface area (Å²) in [6.45, 7) is 5.97. The first-order valence-electron chi connectivity index (χ1n) is 9.55. The van der Waals surface area contributed by atoms with Gasteiger partial charge in [-0.1, -0.05) is 0 Å². The van der Waals surface area contributed by atoms with E-state index in [1.54, 1.807) is 17.9 Å². The zero-order valence-corrected chi connectivity index (χ0v) is 15.8.